The van der Waals surface area contributed by atoms with Gasteiger partial charge in [0.25, 0.3) is 0 Å². The first-order chi connectivity index (χ1) is 9.21. The quantitative estimate of drug-likeness (QED) is 0.586. The molecule has 0 aliphatic carbocycles. The second kappa shape index (κ2) is 6.36. The third-order valence-corrected chi connectivity index (χ3v) is 2.50. The number of halogens is 3. The van der Waals surface area contributed by atoms with Crippen LogP contribution >= 0.6 is 0 Å². The molecule has 1 aromatic rings. The van der Waals surface area contributed by atoms with Crippen LogP contribution in [0.1, 0.15) is 5.56 Å². The molecule has 4 N–H and O–H groups in total. The largest absolute Gasteiger partial charge is 0.418 e. The van der Waals surface area contributed by atoms with E-state index in [0.717, 1.165) is 6.07 Å². The number of alkyl halides is 3. The van der Waals surface area contributed by atoms with Crippen molar-refractivity contribution in [1.82, 2.24) is 10.2 Å². The second-order valence-electron chi connectivity index (χ2n) is 4.35. The van der Waals surface area contributed by atoms with Gasteiger partial charge < -0.3 is 21.3 Å². The fourth-order valence-electron chi connectivity index (χ4n) is 1.45. The smallest absolute Gasteiger partial charge is 0.398 e. The highest BCUT2D eigenvalue weighted by Gasteiger charge is 2.33. The number of nitrogens with zero attached hydrogens (tertiary/aromatic N) is 1. The van der Waals surface area contributed by atoms with Crippen molar-refractivity contribution in [2.75, 3.05) is 38.2 Å². The Balaban J connectivity index is 2.55. The summed E-state index contributed by atoms with van der Waals surface area (Å²) in [5, 5.41) is 5.38. The summed E-state index contributed by atoms with van der Waals surface area (Å²) in [6, 6.07) is 3.34. The molecule has 20 heavy (non-hydrogen) atoms. The molecular formula is C12H17F3N4O. The summed E-state index contributed by atoms with van der Waals surface area (Å²) >= 11 is 0. The van der Waals surface area contributed by atoms with Crippen molar-refractivity contribution in [3.63, 3.8) is 0 Å². The molecule has 0 atom stereocenters. The van der Waals surface area contributed by atoms with Gasteiger partial charge in [-0.3, -0.25) is 0 Å². The van der Waals surface area contributed by atoms with Crippen molar-refractivity contribution in [2.45, 2.75) is 6.18 Å². The minimum Gasteiger partial charge on any atom is -0.398 e. The van der Waals surface area contributed by atoms with E-state index < -0.39 is 11.7 Å². The van der Waals surface area contributed by atoms with Crippen LogP contribution in [0.4, 0.5) is 29.3 Å². The molecule has 1 rings (SSSR count). The van der Waals surface area contributed by atoms with E-state index in [0.29, 0.717) is 18.8 Å². The lowest BCUT2D eigenvalue weighted by atomic mass is 10.1. The van der Waals surface area contributed by atoms with Crippen LogP contribution in [0.15, 0.2) is 18.2 Å². The van der Waals surface area contributed by atoms with Crippen LogP contribution in [0.2, 0.25) is 0 Å². The van der Waals surface area contributed by atoms with Gasteiger partial charge in [0.15, 0.2) is 0 Å². The van der Waals surface area contributed by atoms with Crippen molar-refractivity contribution in [3.8, 4) is 0 Å². The number of carbonyl (C=O) groups is 1. The van der Waals surface area contributed by atoms with Gasteiger partial charge in [-0.2, -0.15) is 13.2 Å². The first-order valence-electron chi connectivity index (χ1n) is 5.87. The average Bonchev–Trinajstić information content (AvgIpc) is 2.34. The minimum absolute atomic E-state index is 0.264. The standard InChI is InChI=1S/C12H17F3N4O/c1-19(2)11(20)18-6-5-17-8-3-4-10(16)9(7-8)12(13,14)15/h3-4,7,17H,5-6,16H2,1-2H3,(H,18,20). The van der Waals surface area contributed by atoms with E-state index in [1.54, 1.807) is 14.1 Å². The van der Waals surface area contributed by atoms with Gasteiger partial charge in [0.05, 0.1) is 5.56 Å². The number of anilines is 2. The third kappa shape index (κ3) is 4.52. The van der Waals surface area contributed by atoms with Crippen LogP contribution < -0.4 is 16.4 Å². The Kier molecular flexibility index (Phi) is 5.06. The molecule has 0 aromatic heterocycles. The molecule has 0 saturated heterocycles. The first-order valence-corrected chi connectivity index (χ1v) is 5.87. The third-order valence-electron chi connectivity index (χ3n) is 2.50. The summed E-state index contributed by atoms with van der Waals surface area (Å²) in [4.78, 5) is 12.6. The molecule has 8 heteroatoms. The summed E-state index contributed by atoms with van der Waals surface area (Å²) < 4.78 is 37.9. The van der Waals surface area contributed by atoms with Gasteiger partial charge in [0.1, 0.15) is 0 Å². The van der Waals surface area contributed by atoms with Gasteiger partial charge in [-0.1, -0.05) is 0 Å². The summed E-state index contributed by atoms with van der Waals surface area (Å²) in [7, 11) is 3.19. The molecule has 0 bridgehead atoms. The lowest BCUT2D eigenvalue weighted by Gasteiger charge is -2.14. The van der Waals surface area contributed by atoms with E-state index in [2.05, 4.69) is 10.6 Å². The number of hydrogen-bond acceptors (Lipinski definition) is 3. The number of amides is 2. The number of hydrogen-bond donors (Lipinski definition) is 3. The van der Waals surface area contributed by atoms with Crippen molar-refractivity contribution in [2.24, 2.45) is 0 Å². The Hall–Kier alpha value is -2.12. The number of nitrogen functional groups attached to an aromatic ring is 1. The molecule has 0 aliphatic heterocycles. The van der Waals surface area contributed by atoms with E-state index in [-0.39, 0.29) is 11.7 Å². The zero-order valence-electron chi connectivity index (χ0n) is 11.2. The number of urea groups is 1. The minimum atomic E-state index is -4.49. The molecule has 1 aromatic carbocycles. The molecule has 0 heterocycles. The normalized spacial score (nSPS) is 11.1. The molecule has 0 spiro atoms. The summed E-state index contributed by atoms with van der Waals surface area (Å²) in [5.74, 6) is 0. The maximum absolute atomic E-state index is 12.6. The first kappa shape index (κ1) is 15.9. The Morgan fingerprint density at radius 2 is 1.95 bits per heavy atom. The number of nitrogens with one attached hydrogen (secondary N) is 2. The van der Waals surface area contributed by atoms with Gasteiger partial charge in [0, 0.05) is 38.6 Å². The van der Waals surface area contributed by atoms with Crippen molar-refractivity contribution >= 4 is 17.4 Å². The van der Waals surface area contributed by atoms with Gasteiger partial charge in [0.2, 0.25) is 0 Å². The molecule has 5 nitrogen and oxygen atoms in total. The summed E-state index contributed by atoms with van der Waals surface area (Å²) in [6.07, 6.45) is -4.49. The maximum Gasteiger partial charge on any atom is 0.418 e. The average molecular weight is 290 g/mol. The topological polar surface area (TPSA) is 70.4 Å². The zero-order valence-corrected chi connectivity index (χ0v) is 11.2. The summed E-state index contributed by atoms with van der Waals surface area (Å²) in [5.41, 5.74) is 4.40. The second-order valence-corrected chi connectivity index (χ2v) is 4.35. The monoisotopic (exact) mass is 290 g/mol. The highest BCUT2D eigenvalue weighted by Crippen LogP contribution is 2.34. The SMILES string of the molecule is CN(C)C(=O)NCCNc1ccc(N)c(C(F)(F)F)c1. The molecule has 0 fully saturated rings. The van der Waals surface area contributed by atoms with Crippen LogP contribution in [0.3, 0.4) is 0 Å². The van der Waals surface area contributed by atoms with Crippen molar-refractivity contribution in [3.05, 3.63) is 23.8 Å². The molecule has 112 valence electrons. The van der Waals surface area contributed by atoms with E-state index in [1.807, 2.05) is 0 Å². The number of rotatable bonds is 4. The van der Waals surface area contributed by atoms with Gasteiger partial charge in [-0.25, -0.2) is 4.79 Å². The molecule has 0 saturated carbocycles. The van der Waals surface area contributed by atoms with Crippen LogP contribution in [0, 0.1) is 0 Å². The Morgan fingerprint density at radius 1 is 1.30 bits per heavy atom. The van der Waals surface area contributed by atoms with Gasteiger partial charge in [-0.05, 0) is 18.2 Å². The van der Waals surface area contributed by atoms with Crippen molar-refractivity contribution < 1.29 is 18.0 Å². The fourth-order valence-corrected chi connectivity index (χ4v) is 1.45. The number of benzene rings is 1. The van der Waals surface area contributed by atoms with Crippen LogP contribution in [-0.2, 0) is 6.18 Å². The lowest BCUT2D eigenvalue weighted by Crippen LogP contribution is -2.37. The fraction of sp³-hybridized carbons (Fsp3) is 0.417. The Morgan fingerprint density at radius 3 is 2.50 bits per heavy atom. The van der Waals surface area contributed by atoms with E-state index in [1.165, 1.54) is 17.0 Å². The Labute approximate surface area is 114 Å². The molecule has 2 amide bonds. The molecular weight excluding hydrogens is 273 g/mol. The maximum atomic E-state index is 12.6. The predicted molar refractivity (Wildman–Crippen MR) is 71.4 cm³/mol. The van der Waals surface area contributed by atoms with E-state index in [9.17, 15) is 18.0 Å². The van der Waals surface area contributed by atoms with Gasteiger partial charge in [-0.15, -0.1) is 0 Å². The van der Waals surface area contributed by atoms with Crippen LogP contribution in [0.5, 0.6) is 0 Å². The highest BCUT2D eigenvalue weighted by atomic mass is 19.4. The van der Waals surface area contributed by atoms with Crippen LogP contribution in [-0.4, -0.2) is 38.1 Å². The molecule has 0 aliphatic rings. The van der Waals surface area contributed by atoms with E-state index in [4.69, 9.17) is 5.73 Å². The van der Waals surface area contributed by atoms with Gasteiger partial charge >= 0.3 is 12.2 Å². The van der Waals surface area contributed by atoms with E-state index >= 15 is 0 Å². The Bertz CT molecular complexity index is 474. The number of carbonyl (C=O) groups excluding carboxylic acids is 1. The summed E-state index contributed by atoms with van der Waals surface area (Å²) in [6.45, 7) is 0.601. The number of nitrogens with two attached hydrogens (primary N) is 1. The molecule has 0 unspecified atom stereocenters. The van der Waals surface area contributed by atoms with Crippen molar-refractivity contribution in [1.29, 1.82) is 0 Å². The van der Waals surface area contributed by atoms with Crippen LogP contribution in [0.25, 0.3) is 0 Å². The highest BCUT2D eigenvalue weighted by molar-refractivity contribution is 5.73. The molecule has 0 radical (unpaired) electrons. The predicted octanol–water partition coefficient (Wildman–Crippen LogP) is 1.97. The zero-order chi connectivity index (χ0) is 15.3. The lowest BCUT2D eigenvalue weighted by molar-refractivity contribution is -0.136.